The molecule has 1 saturated heterocycles. The summed E-state index contributed by atoms with van der Waals surface area (Å²) in [6.45, 7) is 6.96. The highest BCUT2D eigenvalue weighted by atomic mass is 32.2. The van der Waals surface area contributed by atoms with Crippen molar-refractivity contribution in [1.82, 2.24) is 19.9 Å². The molecule has 1 unspecified atom stereocenters. The summed E-state index contributed by atoms with van der Waals surface area (Å²) in [5.41, 5.74) is 0. The number of nitrogens with one attached hydrogen (secondary N) is 2. The minimum atomic E-state index is -3.95. The van der Waals surface area contributed by atoms with Crippen molar-refractivity contribution >= 4 is 39.4 Å². The van der Waals surface area contributed by atoms with Gasteiger partial charge in [0.25, 0.3) is 15.9 Å². The van der Waals surface area contributed by atoms with Gasteiger partial charge in [-0.15, -0.1) is 0 Å². The molecule has 0 aromatic carbocycles. The zero-order valence-electron chi connectivity index (χ0n) is 24.5. The molecule has 2 aliphatic rings. The van der Waals surface area contributed by atoms with Crippen molar-refractivity contribution in [2.24, 2.45) is 5.92 Å². The summed E-state index contributed by atoms with van der Waals surface area (Å²) in [5, 5.41) is 17.1. The first-order chi connectivity index (χ1) is 19.6. The lowest BCUT2D eigenvalue weighted by Crippen LogP contribution is -2.53. The summed E-state index contributed by atoms with van der Waals surface area (Å²) in [5.74, 6) is -1.36. The molecule has 41 heavy (non-hydrogen) atoms. The predicted octanol–water partition coefficient (Wildman–Crippen LogP) is 4.46. The highest BCUT2D eigenvalue weighted by molar-refractivity contribution is 8.06. The van der Waals surface area contributed by atoms with E-state index in [1.165, 1.54) is 19.2 Å². The van der Waals surface area contributed by atoms with Gasteiger partial charge in [0.1, 0.15) is 16.7 Å². The number of aliphatic hydroxyl groups is 1. The number of nitrogens with zero attached hydrogens (tertiary/aromatic N) is 2. The Labute approximate surface area is 248 Å². The Kier molecular flexibility index (Phi) is 14.6. The topological polar surface area (TPSA) is 146 Å². The van der Waals surface area contributed by atoms with Crippen molar-refractivity contribution in [2.75, 3.05) is 13.1 Å². The van der Waals surface area contributed by atoms with Crippen LogP contribution in [-0.2, 0) is 24.4 Å². The molecule has 1 saturated carbocycles. The number of allylic oxidation sites excluding steroid dienone is 2. The number of Topliss-reactive ketones (excluding diaryl/α,β-unsaturated/α-hetero) is 1. The number of hydrogen-bond acceptors (Lipinski definition) is 8. The van der Waals surface area contributed by atoms with Crippen LogP contribution >= 0.6 is 11.8 Å². The van der Waals surface area contributed by atoms with Crippen LogP contribution < -0.4 is 10.6 Å². The smallest absolute Gasteiger partial charge is 0.262 e. The van der Waals surface area contributed by atoms with E-state index in [2.05, 4.69) is 15.6 Å². The van der Waals surface area contributed by atoms with Crippen LogP contribution in [0.2, 0.25) is 0 Å². The highest BCUT2D eigenvalue weighted by Crippen LogP contribution is 2.28. The van der Waals surface area contributed by atoms with Gasteiger partial charge >= 0.3 is 0 Å². The SMILES string of the molecule is C/C=C\S/C(C(=O)N[C@@H](CC1CCCCC1)C(=O)NC1CCCN(S(=O)(=O)c2ccccn2)CC1=O)=C(\C)O.CC. The van der Waals surface area contributed by atoms with Gasteiger partial charge in [0, 0.05) is 12.7 Å². The summed E-state index contributed by atoms with van der Waals surface area (Å²) in [6, 6.07) is 2.79. The van der Waals surface area contributed by atoms with Crippen LogP contribution in [0.5, 0.6) is 0 Å². The van der Waals surface area contributed by atoms with Crippen molar-refractivity contribution in [3.8, 4) is 0 Å². The molecule has 1 aliphatic heterocycles. The minimum absolute atomic E-state index is 0.0930. The number of rotatable bonds is 10. The molecule has 0 radical (unpaired) electrons. The average molecular weight is 609 g/mol. The Morgan fingerprint density at radius 1 is 1.17 bits per heavy atom. The van der Waals surface area contributed by atoms with E-state index in [-0.39, 0.29) is 41.1 Å². The Balaban J connectivity index is 0.00000287. The van der Waals surface area contributed by atoms with Gasteiger partial charge in [0.2, 0.25) is 5.91 Å². The maximum atomic E-state index is 13.5. The number of ketones is 1. The largest absolute Gasteiger partial charge is 0.511 e. The Hall–Kier alpha value is -2.70. The molecule has 0 spiro atoms. The molecule has 228 valence electrons. The van der Waals surface area contributed by atoms with Gasteiger partial charge in [-0.25, -0.2) is 13.4 Å². The molecule has 2 fully saturated rings. The first-order valence-electron chi connectivity index (χ1n) is 14.4. The molecule has 3 rings (SSSR count). The van der Waals surface area contributed by atoms with Crippen LogP contribution in [0.4, 0.5) is 0 Å². The van der Waals surface area contributed by atoms with Crippen LogP contribution in [0.15, 0.2) is 51.6 Å². The molecule has 10 nitrogen and oxygen atoms in total. The van der Waals surface area contributed by atoms with Crippen LogP contribution in [-0.4, -0.2) is 65.6 Å². The van der Waals surface area contributed by atoms with Gasteiger partial charge in [-0.1, -0.05) is 69.9 Å². The quantitative estimate of drug-likeness (QED) is 0.261. The second-order valence-electron chi connectivity index (χ2n) is 9.94. The normalized spacial score (nSPS) is 20.3. The number of thioether (sulfide) groups is 1. The van der Waals surface area contributed by atoms with E-state index in [0.29, 0.717) is 12.8 Å². The molecule has 2 amide bonds. The van der Waals surface area contributed by atoms with Crippen molar-refractivity contribution in [1.29, 1.82) is 0 Å². The number of pyridine rings is 1. The van der Waals surface area contributed by atoms with E-state index in [1.807, 2.05) is 13.8 Å². The monoisotopic (exact) mass is 608 g/mol. The summed E-state index contributed by atoms with van der Waals surface area (Å²) >= 11 is 1.06. The fraction of sp³-hybridized carbons (Fsp3) is 0.586. The fourth-order valence-electron chi connectivity index (χ4n) is 4.91. The minimum Gasteiger partial charge on any atom is -0.511 e. The van der Waals surface area contributed by atoms with Gasteiger partial charge in [0.15, 0.2) is 10.8 Å². The van der Waals surface area contributed by atoms with E-state index in [0.717, 1.165) is 48.2 Å². The number of hydrogen-bond donors (Lipinski definition) is 3. The molecule has 2 heterocycles. The summed E-state index contributed by atoms with van der Waals surface area (Å²) in [7, 11) is -3.95. The van der Waals surface area contributed by atoms with Crippen LogP contribution in [0.25, 0.3) is 0 Å². The zero-order chi connectivity index (χ0) is 30.4. The number of amides is 2. The van der Waals surface area contributed by atoms with Gasteiger partial charge < -0.3 is 15.7 Å². The lowest BCUT2D eigenvalue weighted by atomic mass is 9.84. The summed E-state index contributed by atoms with van der Waals surface area (Å²) < 4.78 is 27.1. The molecule has 1 aromatic heterocycles. The number of aliphatic hydroxyl groups excluding tert-OH is 1. The van der Waals surface area contributed by atoms with Gasteiger partial charge in [-0.3, -0.25) is 14.4 Å². The van der Waals surface area contributed by atoms with Crippen LogP contribution in [0.1, 0.15) is 79.1 Å². The highest BCUT2D eigenvalue weighted by Gasteiger charge is 2.35. The molecule has 2 atom stereocenters. The Morgan fingerprint density at radius 2 is 1.88 bits per heavy atom. The van der Waals surface area contributed by atoms with E-state index >= 15 is 0 Å². The number of sulfonamides is 1. The second-order valence-corrected chi connectivity index (χ2v) is 12.7. The van der Waals surface area contributed by atoms with Gasteiger partial charge in [0.05, 0.1) is 12.6 Å². The van der Waals surface area contributed by atoms with Crippen molar-refractivity contribution in [2.45, 2.75) is 96.2 Å². The molecule has 12 heteroatoms. The zero-order valence-corrected chi connectivity index (χ0v) is 26.1. The van der Waals surface area contributed by atoms with Crippen molar-refractivity contribution < 1.29 is 27.9 Å². The Bertz CT molecular complexity index is 1180. The first kappa shape index (κ1) is 34.5. The van der Waals surface area contributed by atoms with E-state index < -0.39 is 39.7 Å². The van der Waals surface area contributed by atoms with E-state index in [4.69, 9.17) is 0 Å². The molecular weight excluding hydrogens is 564 g/mol. The molecule has 0 bridgehead atoms. The maximum Gasteiger partial charge on any atom is 0.262 e. The number of carbonyl (C=O) groups excluding carboxylic acids is 3. The van der Waals surface area contributed by atoms with Crippen LogP contribution in [0.3, 0.4) is 0 Å². The van der Waals surface area contributed by atoms with Gasteiger partial charge in [-0.2, -0.15) is 4.31 Å². The predicted molar refractivity (Wildman–Crippen MR) is 161 cm³/mol. The summed E-state index contributed by atoms with van der Waals surface area (Å²) in [4.78, 5) is 43.6. The second kappa shape index (κ2) is 17.3. The summed E-state index contributed by atoms with van der Waals surface area (Å²) in [6.07, 6.45) is 9.37. The molecule has 3 N–H and O–H groups in total. The van der Waals surface area contributed by atoms with Gasteiger partial charge in [-0.05, 0) is 56.6 Å². The Morgan fingerprint density at radius 3 is 2.49 bits per heavy atom. The first-order valence-corrected chi connectivity index (χ1v) is 16.7. The lowest BCUT2D eigenvalue weighted by Gasteiger charge is -2.28. The third-order valence-electron chi connectivity index (χ3n) is 6.95. The molecule has 1 aromatic rings. The maximum absolute atomic E-state index is 13.5. The van der Waals surface area contributed by atoms with Crippen LogP contribution in [0, 0.1) is 5.92 Å². The van der Waals surface area contributed by atoms with E-state index in [1.54, 1.807) is 30.5 Å². The fourth-order valence-corrected chi connectivity index (χ4v) is 6.89. The number of aromatic nitrogens is 1. The van der Waals surface area contributed by atoms with E-state index in [9.17, 15) is 27.9 Å². The third-order valence-corrected chi connectivity index (χ3v) is 9.84. The van der Waals surface area contributed by atoms with Crippen molar-refractivity contribution in [3.05, 3.63) is 46.5 Å². The molecular formula is C29H44N4O6S2. The lowest BCUT2D eigenvalue weighted by molar-refractivity contribution is -0.131. The standard InChI is InChI=1S/C27H38N4O6S2.C2H6/c1-3-16-38-25(19(2)32)27(35)30-22(17-20-10-5-4-6-11-20)26(34)29-21-12-9-15-31(18-23(21)33)39(36,37)24-13-7-8-14-28-24;1-2/h3,7-8,13-14,16,20-22,32H,4-6,9-12,15,17-18H2,1-2H3,(H,29,34)(H,30,35);1-2H3/b16-3-,25-19+;/t21?,22-;/m0./s1. The number of carbonyl (C=O) groups is 3. The molecule has 1 aliphatic carbocycles. The third kappa shape index (κ3) is 10.3. The average Bonchev–Trinajstić information content (AvgIpc) is 3.16. The van der Waals surface area contributed by atoms with Crippen molar-refractivity contribution in [3.63, 3.8) is 0 Å².